The van der Waals surface area contributed by atoms with Crippen molar-refractivity contribution < 1.29 is 18.3 Å². The molecule has 0 N–H and O–H groups in total. The molecule has 38 heavy (non-hydrogen) atoms. The Kier molecular flexibility index (Phi) is 7.83. The van der Waals surface area contributed by atoms with Crippen molar-refractivity contribution in [3.8, 4) is 23.3 Å². The lowest BCUT2D eigenvalue weighted by atomic mass is 10.2. The zero-order valence-corrected chi connectivity index (χ0v) is 20.9. The van der Waals surface area contributed by atoms with Crippen LogP contribution in [0.15, 0.2) is 64.4 Å². The lowest BCUT2D eigenvalue weighted by Gasteiger charge is -2.13. The van der Waals surface area contributed by atoms with E-state index in [1.54, 1.807) is 31.2 Å². The third-order valence-electron chi connectivity index (χ3n) is 5.51. The first-order valence-corrected chi connectivity index (χ1v) is 11.5. The summed E-state index contributed by atoms with van der Waals surface area (Å²) in [6.45, 7) is 1.23. The van der Waals surface area contributed by atoms with Gasteiger partial charge in [-0.2, -0.15) is 10.4 Å². The van der Waals surface area contributed by atoms with E-state index in [1.807, 2.05) is 6.07 Å². The lowest BCUT2D eigenvalue weighted by molar-refractivity contribution is 0.148. The van der Waals surface area contributed by atoms with Crippen molar-refractivity contribution in [3.63, 3.8) is 0 Å². The highest BCUT2D eigenvalue weighted by molar-refractivity contribution is 6.30. The van der Waals surface area contributed by atoms with E-state index in [0.717, 1.165) is 15.3 Å². The Bertz CT molecular complexity index is 1650. The van der Waals surface area contributed by atoms with Gasteiger partial charge < -0.3 is 9.47 Å². The molecule has 0 amide bonds. The molecule has 0 fully saturated rings. The van der Waals surface area contributed by atoms with E-state index in [9.17, 15) is 18.4 Å². The van der Waals surface area contributed by atoms with E-state index in [-0.39, 0.29) is 46.6 Å². The summed E-state index contributed by atoms with van der Waals surface area (Å²) in [5, 5.41) is 13.6. The fraction of sp³-hybridized carbons (Fsp3) is 0.192. The first-order valence-electron chi connectivity index (χ1n) is 11.1. The van der Waals surface area contributed by atoms with Crippen LogP contribution in [0, 0.1) is 18.3 Å². The molecule has 2 aromatic heterocycles. The molecule has 0 unspecified atom stereocenters. The predicted molar refractivity (Wildman–Crippen MR) is 134 cm³/mol. The predicted octanol–water partition coefficient (Wildman–Crippen LogP) is 4.47. The summed E-state index contributed by atoms with van der Waals surface area (Å²) in [7, 11) is 1.51. The Balaban J connectivity index is 1.69. The molecular weight excluding hydrogens is 520 g/mol. The lowest BCUT2D eigenvalue weighted by Crippen LogP contribution is -2.30. The largest absolute Gasteiger partial charge is 0.497 e. The van der Waals surface area contributed by atoms with Crippen molar-refractivity contribution in [2.45, 2.75) is 26.4 Å². The quantitative estimate of drug-likeness (QED) is 0.325. The minimum atomic E-state index is -3.05. The number of alkyl halides is 2. The fourth-order valence-electron chi connectivity index (χ4n) is 3.63. The Morgan fingerprint density at radius 1 is 1.05 bits per heavy atom. The van der Waals surface area contributed by atoms with Crippen molar-refractivity contribution in [2.75, 3.05) is 7.11 Å². The molecule has 0 saturated heterocycles. The first kappa shape index (κ1) is 26.5. The van der Waals surface area contributed by atoms with Gasteiger partial charge in [-0.1, -0.05) is 23.7 Å². The highest BCUT2D eigenvalue weighted by Gasteiger charge is 2.19. The van der Waals surface area contributed by atoms with Gasteiger partial charge in [0.2, 0.25) is 5.75 Å². The molecule has 0 saturated carbocycles. The van der Waals surface area contributed by atoms with Gasteiger partial charge in [0.1, 0.15) is 11.5 Å². The standard InChI is InChI=1S/C26H20ClF2N5O4/c1-15-23(38-21-8-17(11-30)7-18(27)9-21)26(36)33(14-31-15)13-19-10-22(24(28)29)25(35)34(32-19)12-16-3-5-20(37-2)6-4-16/h3-10,14,24H,12-13H2,1-2H3. The Morgan fingerprint density at radius 2 is 1.79 bits per heavy atom. The van der Waals surface area contributed by atoms with E-state index < -0.39 is 23.1 Å². The molecule has 0 aliphatic heterocycles. The van der Waals surface area contributed by atoms with E-state index in [0.29, 0.717) is 11.3 Å². The third kappa shape index (κ3) is 5.87. The molecule has 2 aromatic carbocycles. The fourth-order valence-corrected chi connectivity index (χ4v) is 3.85. The highest BCUT2D eigenvalue weighted by atomic mass is 35.5. The van der Waals surface area contributed by atoms with Gasteiger partial charge in [0, 0.05) is 5.02 Å². The number of nitriles is 1. The maximum absolute atomic E-state index is 13.7. The second-order valence-electron chi connectivity index (χ2n) is 8.18. The highest BCUT2D eigenvalue weighted by Crippen LogP contribution is 2.25. The topological polar surface area (TPSA) is 112 Å². The van der Waals surface area contributed by atoms with Crippen LogP contribution in [0.25, 0.3) is 0 Å². The number of ether oxygens (including phenoxy) is 2. The molecule has 0 aliphatic rings. The van der Waals surface area contributed by atoms with Gasteiger partial charge in [-0.3, -0.25) is 14.2 Å². The smallest absolute Gasteiger partial charge is 0.296 e. The van der Waals surface area contributed by atoms with Crippen molar-refractivity contribution >= 4 is 11.6 Å². The average Bonchev–Trinajstić information content (AvgIpc) is 2.89. The molecule has 0 atom stereocenters. The normalized spacial score (nSPS) is 10.9. The number of rotatable bonds is 8. The molecule has 4 aromatic rings. The molecule has 194 valence electrons. The molecule has 4 rings (SSSR count). The Morgan fingerprint density at radius 3 is 2.45 bits per heavy atom. The minimum absolute atomic E-state index is 0.0432. The van der Waals surface area contributed by atoms with Crippen LogP contribution in [0.3, 0.4) is 0 Å². The molecule has 9 nitrogen and oxygen atoms in total. The van der Waals surface area contributed by atoms with E-state index in [1.165, 1.54) is 31.6 Å². The second-order valence-corrected chi connectivity index (χ2v) is 8.62. The van der Waals surface area contributed by atoms with Gasteiger partial charge in [0.25, 0.3) is 17.5 Å². The molecular formula is C26H20ClF2N5O4. The molecule has 0 bridgehead atoms. The van der Waals surface area contributed by atoms with Gasteiger partial charge in [-0.25, -0.2) is 18.4 Å². The molecule has 2 heterocycles. The first-order chi connectivity index (χ1) is 18.2. The summed E-state index contributed by atoms with van der Waals surface area (Å²) in [6.07, 6.45) is -1.82. The van der Waals surface area contributed by atoms with Crippen molar-refractivity contribution in [1.29, 1.82) is 5.26 Å². The van der Waals surface area contributed by atoms with Crippen LogP contribution in [0.2, 0.25) is 5.02 Å². The molecule has 0 radical (unpaired) electrons. The van der Waals surface area contributed by atoms with Crippen LogP contribution < -0.4 is 20.6 Å². The number of aryl methyl sites for hydroxylation is 1. The second kappa shape index (κ2) is 11.2. The van der Waals surface area contributed by atoms with E-state index in [2.05, 4.69) is 10.1 Å². The summed E-state index contributed by atoms with van der Waals surface area (Å²) < 4.78 is 40.3. The zero-order valence-electron chi connectivity index (χ0n) is 20.2. The summed E-state index contributed by atoms with van der Waals surface area (Å²) in [4.78, 5) is 30.0. The summed E-state index contributed by atoms with van der Waals surface area (Å²) >= 11 is 6.02. The van der Waals surface area contributed by atoms with Gasteiger partial charge in [0.05, 0.1) is 55.1 Å². The maximum Gasteiger partial charge on any atom is 0.296 e. The van der Waals surface area contributed by atoms with E-state index >= 15 is 0 Å². The molecule has 0 spiro atoms. The van der Waals surface area contributed by atoms with Crippen LogP contribution in [0.5, 0.6) is 17.2 Å². The van der Waals surface area contributed by atoms with Crippen molar-refractivity contribution in [1.82, 2.24) is 19.3 Å². The van der Waals surface area contributed by atoms with Crippen LogP contribution in [0.4, 0.5) is 8.78 Å². The number of aromatic nitrogens is 4. The van der Waals surface area contributed by atoms with Crippen molar-refractivity contribution in [3.05, 3.63) is 109 Å². The van der Waals surface area contributed by atoms with Crippen LogP contribution in [-0.4, -0.2) is 26.4 Å². The SMILES string of the molecule is COc1ccc(Cn2nc(Cn3cnc(C)c(Oc4cc(Cl)cc(C#N)c4)c3=O)cc(C(F)F)c2=O)cc1. The number of hydrogen-bond donors (Lipinski definition) is 0. The molecule has 12 heteroatoms. The maximum atomic E-state index is 13.7. The number of benzene rings is 2. The van der Waals surface area contributed by atoms with Crippen LogP contribution in [-0.2, 0) is 13.1 Å². The van der Waals surface area contributed by atoms with Gasteiger partial charge in [-0.15, -0.1) is 0 Å². The van der Waals surface area contributed by atoms with Crippen LogP contribution in [0.1, 0.15) is 34.5 Å². The average molecular weight is 540 g/mol. The number of nitrogens with zero attached hydrogens (tertiary/aromatic N) is 5. The minimum Gasteiger partial charge on any atom is -0.497 e. The number of methoxy groups -OCH3 is 1. The Labute approximate surface area is 220 Å². The third-order valence-corrected chi connectivity index (χ3v) is 5.72. The number of hydrogen-bond acceptors (Lipinski definition) is 7. The summed E-state index contributed by atoms with van der Waals surface area (Å²) in [5.74, 6) is 0.612. The van der Waals surface area contributed by atoms with Crippen LogP contribution >= 0.6 is 11.6 Å². The van der Waals surface area contributed by atoms with Gasteiger partial charge >= 0.3 is 0 Å². The van der Waals surface area contributed by atoms with E-state index in [4.69, 9.17) is 26.3 Å². The van der Waals surface area contributed by atoms with Crippen molar-refractivity contribution in [2.24, 2.45) is 0 Å². The molecule has 0 aliphatic carbocycles. The summed E-state index contributed by atoms with van der Waals surface area (Å²) in [6, 6.07) is 13.9. The number of halogens is 3. The zero-order chi connectivity index (χ0) is 27.4. The monoisotopic (exact) mass is 539 g/mol. The van der Waals surface area contributed by atoms with Gasteiger partial charge in [0.15, 0.2) is 0 Å². The van der Waals surface area contributed by atoms with Gasteiger partial charge in [-0.05, 0) is 48.9 Å². The Hall–Kier alpha value is -4.56. The summed E-state index contributed by atoms with van der Waals surface area (Å²) in [5.41, 5.74) is -1.12.